The number of benzene rings is 1. The summed E-state index contributed by atoms with van der Waals surface area (Å²) < 4.78 is 44.6. The summed E-state index contributed by atoms with van der Waals surface area (Å²) in [5, 5.41) is 4.12. The molecule has 1 aliphatic heterocycles. The Balaban J connectivity index is 1.89. The Labute approximate surface area is 183 Å². The fraction of sp³-hybridized carbons (Fsp3) is 0.292. The Morgan fingerprint density at radius 1 is 1.16 bits per heavy atom. The van der Waals surface area contributed by atoms with Crippen molar-refractivity contribution < 1.29 is 22.5 Å². The van der Waals surface area contributed by atoms with Gasteiger partial charge in [-0.25, -0.2) is 0 Å². The molecule has 32 heavy (non-hydrogen) atoms. The van der Waals surface area contributed by atoms with E-state index in [1.807, 2.05) is 24.8 Å². The van der Waals surface area contributed by atoms with Gasteiger partial charge in [0.2, 0.25) is 0 Å². The van der Waals surface area contributed by atoms with Gasteiger partial charge in [0.25, 0.3) is 0 Å². The lowest BCUT2D eigenvalue weighted by Crippen LogP contribution is -2.49. The summed E-state index contributed by atoms with van der Waals surface area (Å²) in [6.45, 7) is 5.76. The summed E-state index contributed by atoms with van der Waals surface area (Å²) in [6, 6.07) is 11.3. The van der Waals surface area contributed by atoms with Crippen LogP contribution in [-0.2, 0) is 11.0 Å². The van der Waals surface area contributed by atoms with Crippen molar-refractivity contribution in [2.75, 3.05) is 11.4 Å². The molecule has 2 aromatic heterocycles. The number of Topliss-reactive ketones (excluding diaryl/α,β-unsaturated/α-hetero) is 1. The monoisotopic (exact) mass is 441 g/mol. The number of rotatable bonds is 3. The normalized spacial score (nSPS) is 20.1. The van der Waals surface area contributed by atoms with Crippen molar-refractivity contribution in [2.24, 2.45) is 5.41 Å². The van der Waals surface area contributed by atoms with E-state index in [0.29, 0.717) is 35.0 Å². The number of anilines is 1. The third kappa shape index (κ3) is 4.17. The van der Waals surface area contributed by atoms with Gasteiger partial charge in [0.05, 0.1) is 17.3 Å². The molecule has 0 bridgehead atoms. The maximum atomic E-state index is 13.5. The van der Waals surface area contributed by atoms with E-state index < -0.39 is 23.2 Å². The molecule has 0 saturated carbocycles. The van der Waals surface area contributed by atoms with Crippen molar-refractivity contribution >= 4 is 17.7 Å². The van der Waals surface area contributed by atoms with Crippen LogP contribution in [0.25, 0.3) is 6.08 Å². The van der Waals surface area contributed by atoms with Gasteiger partial charge in [0.15, 0.2) is 11.6 Å². The van der Waals surface area contributed by atoms with Crippen molar-refractivity contribution in [3.05, 3.63) is 82.9 Å². The number of pyridine rings is 1. The zero-order valence-corrected chi connectivity index (χ0v) is 17.8. The highest BCUT2D eigenvalue weighted by Crippen LogP contribution is 2.44. The van der Waals surface area contributed by atoms with Gasteiger partial charge in [0, 0.05) is 29.8 Å². The Morgan fingerprint density at radius 2 is 1.88 bits per heavy atom. The minimum atomic E-state index is -4.45. The van der Waals surface area contributed by atoms with Gasteiger partial charge < -0.3 is 9.42 Å². The molecule has 166 valence electrons. The average Bonchev–Trinajstić information content (AvgIpc) is 3.18. The molecule has 0 spiro atoms. The molecule has 0 N–H and O–H groups in total. The van der Waals surface area contributed by atoms with Crippen LogP contribution in [0.2, 0.25) is 0 Å². The third-order valence-electron chi connectivity index (χ3n) is 5.50. The van der Waals surface area contributed by atoms with Crippen LogP contribution in [0.1, 0.15) is 42.5 Å². The summed E-state index contributed by atoms with van der Waals surface area (Å²) in [6.07, 6.45) is -1.12. The second-order valence-corrected chi connectivity index (χ2v) is 8.51. The number of nitrogens with zero attached hydrogens (tertiary/aromatic N) is 3. The molecular formula is C24H22F3N3O2. The third-order valence-corrected chi connectivity index (χ3v) is 5.50. The predicted octanol–water partition coefficient (Wildman–Crippen LogP) is 5.64. The van der Waals surface area contributed by atoms with E-state index in [4.69, 9.17) is 4.52 Å². The van der Waals surface area contributed by atoms with Gasteiger partial charge in [-0.3, -0.25) is 9.78 Å². The van der Waals surface area contributed by atoms with Gasteiger partial charge in [0.1, 0.15) is 5.76 Å². The molecule has 1 atom stereocenters. The van der Waals surface area contributed by atoms with Crippen LogP contribution < -0.4 is 4.90 Å². The zero-order valence-electron chi connectivity index (χ0n) is 17.8. The number of carbonyl (C=O) groups excluding carboxylic acids is 1. The van der Waals surface area contributed by atoms with Gasteiger partial charge in [-0.05, 0) is 42.8 Å². The van der Waals surface area contributed by atoms with Crippen LogP contribution in [0.3, 0.4) is 0 Å². The van der Waals surface area contributed by atoms with E-state index >= 15 is 0 Å². The van der Waals surface area contributed by atoms with Gasteiger partial charge in [-0.1, -0.05) is 37.2 Å². The molecule has 1 aliphatic rings. The summed E-state index contributed by atoms with van der Waals surface area (Å²) in [7, 11) is 0. The van der Waals surface area contributed by atoms with Crippen molar-refractivity contribution in [3.8, 4) is 0 Å². The van der Waals surface area contributed by atoms with Crippen molar-refractivity contribution in [1.82, 2.24) is 10.1 Å². The lowest BCUT2D eigenvalue weighted by atomic mass is 9.74. The molecule has 1 saturated heterocycles. The van der Waals surface area contributed by atoms with Crippen molar-refractivity contribution in [3.63, 3.8) is 0 Å². The van der Waals surface area contributed by atoms with E-state index in [9.17, 15) is 18.0 Å². The Hall–Kier alpha value is -3.42. The van der Waals surface area contributed by atoms with E-state index in [1.165, 1.54) is 12.1 Å². The Bertz CT molecular complexity index is 1150. The van der Waals surface area contributed by atoms with Crippen LogP contribution >= 0.6 is 0 Å². The molecule has 1 unspecified atom stereocenters. The average molecular weight is 441 g/mol. The highest BCUT2D eigenvalue weighted by atomic mass is 19.4. The number of aryl methyl sites for hydroxylation is 1. The zero-order chi connectivity index (χ0) is 23.1. The maximum absolute atomic E-state index is 13.5. The SMILES string of the molecule is Cc1cc(N2CC(C)(C)C(=O)C(=Cc3ccccn3)C2c2ccc(C(F)(F)F)cc2)no1. The lowest BCUT2D eigenvalue weighted by Gasteiger charge is -2.44. The molecule has 3 aromatic rings. The number of halogens is 3. The van der Waals surface area contributed by atoms with Gasteiger partial charge >= 0.3 is 6.18 Å². The fourth-order valence-corrected chi connectivity index (χ4v) is 3.95. The summed E-state index contributed by atoms with van der Waals surface area (Å²) in [5.41, 5.74) is 0.0603. The molecule has 3 heterocycles. The predicted molar refractivity (Wildman–Crippen MR) is 114 cm³/mol. The van der Waals surface area contributed by atoms with E-state index in [-0.39, 0.29) is 5.78 Å². The first kappa shape index (κ1) is 21.8. The molecule has 5 nitrogen and oxygen atoms in total. The largest absolute Gasteiger partial charge is 0.416 e. The number of aromatic nitrogens is 2. The fourth-order valence-electron chi connectivity index (χ4n) is 3.95. The molecule has 1 fully saturated rings. The molecule has 8 heteroatoms. The summed E-state index contributed by atoms with van der Waals surface area (Å²) in [4.78, 5) is 19.7. The maximum Gasteiger partial charge on any atom is 0.416 e. The van der Waals surface area contributed by atoms with Crippen LogP contribution in [0.5, 0.6) is 0 Å². The second kappa shape index (κ2) is 7.93. The molecule has 1 aromatic carbocycles. The van der Waals surface area contributed by atoms with E-state index in [2.05, 4.69) is 10.1 Å². The minimum Gasteiger partial charge on any atom is -0.360 e. The number of ketones is 1. The molecule has 0 aliphatic carbocycles. The molecule has 0 amide bonds. The first-order valence-electron chi connectivity index (χ1n) is 10.1. The first-order valence-corrected chi connectivity index (χ1v) is 10.1. The standard InChI is InChI=1S/C24H22F3N3O2/c1-15-12-20(29-32-15)30-14-23(2,3)22(31)19(13-18-6-4-5-11-28-18)21(30)16-7-9-17(10-8-16)24(25,26)27/h4-13,21H,14H2,1-3H3. The van der Waals surface area contributed by atoms with Crippen LogP contribution in [-0.4, -0.2) is 22.5 Å². The highest BCUT2D eigenvalue weighted by molar-refractivity contribution is 6.06. The van der Waals surface area contributed by atoms with Gasteiger partial charge in [-0.15, -0.1) is 0 Å². The van der Waals surface area contributed by atoms with Gasteiger partial charge in [-0.2, -0.15) is 13.2 Å². The number of hydrogen-bond donors (Lipinski definition) is 0. The first-order chi connectivity index (χ1) is 15.1. The topological polar surface area (TPSA) is 59.2 Å². The Morgan fingerprint density at radius 3 is 2.44 bits per heavy atom. The number of carbonyl (C=O) groups is 1. The number of hydrogen-bond acceptors (Lipinski definition) is 5. The Kier molecular flexibility index (Phi) is 5.40. The quantitative estimate of drug-likeness (QED) is 0.493. The minimum absolute atomic E-state index is 0.0930. The summed E-state index contributed by atoms with van der Waals surface area (Å²) in [5.74, 6) is 1.01. The lowest BCUT2D eigenvalue weighted by molar-refractivity contribution is -0.137. The number of alkyl halides is 3. The second-order valence-electron chi connectivity index (χ2n) is 8.51. The smallest absolute Gasteiger partial charge is 0.360 e. The van der Waals surface area contributed by atoms with Crippen LogP contribution in [0.15, 0.2) is 64.8 Å². The van der Waals surface area contributed by atoms with Crippen LogP contribution in [0.4, 0.5) is 19.0 Å². The van der Waals surface area contributed by atoms with Crippen LogP contribution in [0, 0.1) is 12.3 Å². The number of piperidine rings is 1. The molecular weight excluding hydrogens is 419 g/mol. The highest BCUT2D eigenvalue weighted by Gasteiger charge is 2.45. The van der Waals surface area contributed by atoms with Crippen molar-refractivity contribution in [2.45, 2.75) is 33.0 Å². The summed E-state index contributed by atoms with van der Waals surface area (Å²) >= 11 is 0. The van der Waals surface area contributed by atoms with E-state index in [1.54, 1.807) is 37.4 Å². The molecule has 4 rings (SSSR count). The van der Waals surface area contributed by atoms with E-state index in [0.717, 1.165) is 12.1 Å². The van der Waals surface area contributed by atoms with Crippen molar-refractivity contribution in [1.29, 1.82) is 0 Å². The molecule has 0 radical (unpaired) electrons.